The summed E-state index contributed by atoms with van der Waals surface area (Å²) in [6.07, 6.45) is 71.5. The van der Waals surface area contributed by atoms with Crippen LogP contribution in [0.5, 0.6) is 0 Å². The summed E-state index contributed by atoms with van der Waals surface area (Å²) in [5.74, 6) is -0.605. The zero-order valence-electron chi connectivity index (χ0n) is 42.8. The Bertz CT molecular complexity index is 1350. The van der Waals surface area contributed by atoms with Crippen molar-refractivity contribution in [1.82, 2.24) is 5.32 Å². The van der Waals surface area contributed by atoms with Crippen LogP contribution in [0.2, 0.25) is 0 Å². The van der Waals surface area contributed by atoms with Gasteiger partial charge in [0.05, 0.1) is 25.2 Å². The first-order valence-corrected chi connectivity index (χ1v) is 27.1. The molecule has 0 saturated carbocycles. The summed E-state index contributed by atoms with van der Waals surface area (Å²) in [4.78, 5) is 26.2. The van der Waals surface area contributed by atoms with Gasteiger partial charge >= 0.3 is 5.97 Å². The van der Waals surface area contributed by atoms with E-state index in [1.807, 2.05) is 0 Å². The predicted molar refractivity (Wildman–Crippen MR) is 287 cm³/mol. The number of rotatable bonds is 47. The molecule has 0 heterocycles. The second-order valence-electron chi connectivity index (χ2n) is 17.9. The third-order valence-electron chi connectivity index (χ3n) is 11.6. The molecular formula is C60H101NO5. The first-order valence-electron chi connectivity index (χ1n) is 27.1. The average molecular weight is 916 g/mol. The third kappa shape index (κ3) is 47.0. The van der Waals surface area contributed by atoms with Crippen LogP contribution in [0.1, 0.15) is 233 Å². The number of esters is 1. The van der Waals surface area contributed by atoms with E-state index < -0.39 is 18.2 Å². The molecule has 0 radical (unpaired) electrons. The monoisotopic (exact) mass is 916 g/mol. The number of nitrogens with one attached hydrogen (secondary N) is 1. The van der Waals surface area contributed by atoms with Gasteiger partial charge in [-0.3, -0.25) is 9.59 Å². The Morgan fingerprint density at radius 3 is 1.27 bits per heavy atom. The highest BCUT2D eigenvalue weighted by Crippen LogP contribution is 2.16. The highest BCUT2D eigenvalue weighted by Gasteiger charge is 2.24. The second kappa shape index (κ2) is 52.5. The Hall–Kier alpha value is -3.48. The van der Waals surface area contributed by atoms with E-state index in [2.05, 4.69) is 135 Å². The van der Waals surface area contributed by atoms with Crippen molar-refractivity contribution in [3.63, 3.8) is 0 Å². The summed E-state index contributed by atoms with van der Waals surface area (Å²) in [5, 5.41) is 23.8. The van der Waals surface area contributed by atoms with Gasteiger partial charge in [-0.2, -0.15) is 0 Å². The summed E-state index contributed by atoms with van der Waals surface area (Å²) in [7, 11) is 0. The molecule has 3 atom stereocenters. The van der Waals surface area contributed by atoms with E-state index in [0.29, 0.717) is 25.7 Å². The molecule has 3 N–H and O–H groups in total. The van der Waals surface area contributed by atoms with E-state index in [9.17, 15) is 19.8 Å². The minimum atomic E-state index is -0.818. The Labute approximate surface area is 407 Å². The van der Waals surface area contributed by atoms with Gasteiger partial charge in [0, 0.05) is 6.42 Å². The number of carbonyl (C=O) groups excluding carboxylic acids is 2. The number of allylic oxidation sites excluding steroid dienone is 18. The molecule has 0 aromatic rings. The van der Waals surface area contributed by atoms with E-state index >= 15 is 0 Å². The molecule has 0 fully saturated rings. The molecule has 0 bridgehead atoms. The van der Waals surface area contributed by atoms with E-state index in [-0.39, 0.29) is 24.9 Å². The van der Waals surface area contributed by atoms with Crippen molar-refractivity contribution in [2.75, 3.05) is 6.61 Å². The smallest absolute Gasteiger partial charge is 0.306 e. The fourth-order valence-electron chi connectivity index (χ4n) is 7.51. The lowest BCUT2D eigenvalue weighted by molar-refractivity contribution is -0.151. The number of ether oxygens (including phenoxy) is 1. The van der Waals surface area contributed by atoms with Crippen LogP contribution in [-0.4, -0.2) is 46.9 Å². The Morgan fingerprint density at radius 2 is 0.833 bits per heavy atom. The Balaban J connectivity index is 4.80. The van der Waals surface area contributed by atoms with E-state index in [4.69, 9.17) is 4.74 Å². The van der Waals surface area contributed by atoms with Crippen molar-refractivity contribution in [3.8, 4) is 0 Å². The van der Waals surface area contributed by atoms with Crippen molar-refractivity contribution < 1.29 is 24.5 Å². The predicted octanol–water partition coefficient (Wildman–Crippen LogP) is 16.7. The van der Waals surface area contributed by atoms with Crippen LogP contribution in [0.3, 0.4) is 0 Å². The third-order valence-corrected chi connectivity index (χ3v) is 11.6. The van der Waals surface area contributed by atoms with Crippen LogP contribution in [0.25, 0.3) is 0 Å². The Morgan fingerprint density at radius 1 is 0.455 bits per heavy atom. The molecule has 0 aromatic heterocycles. The van der Waals surface area contributed by atoms with Crippen molar-refractivity contribution >= 4 is 11.9 Å². The van der Waals surface area contributed by atoms with Crippen LogP contribution in [-0.2, 0) is 14.3 Å². The lowest BCUT2D eigenvalue weighted by Crippen LogP contribution is -2.46. The molecule has 0 aliphatic rings. The van der Waals surface area contributed by atoms with Crippen molar-refractivity contribution in [2.24, 2.45) is 0 Å². The fourth-order valence-corrected chi connectivity index (χ4v) is 7.51. The maximum absolute atomic E-state index is 13.2. The van der Waals surface area contributed by atoms with Crippen molar-refractivity contribution in [1.29, 1.82) is 0 Å². The highest BCUT2D eigenvalue weighted by molar-refractivity contribution is 5.77. The molecule has 0 spiro atoms. The van der Waals surface area contributed by atoms with Gasteiger partial charge in [-0.25, -0.2) is 0 Å². The van der Waals surface area contributed by atoms with Crippen LogP contribution in [0, 0.1) is 0 Å². The maximum Gasteiger partial charge on any atom is 0.306 e. The van der Waals surface area contributed by atoms with Gasteiger partial charge in [-0.1, -0.05) is 226 Å². The van der Waals surface area contributed by atoms with E-state index in [0.717, 1.165) is 89.9 Å². The molecule has 0 aliphatic heterocycles. The zero-order valence-corrected chi connectivity index (χ0v) is 42.8. The Kier molecular flexibility index (Phi) is 49.7. The minimum absolute atomic E-state index is 0.0110. The second-order valence-corrected chi connectivity index (χ2v) is 17.9. The van der Waals surface area contributed by atoms with Crippen LogP contribution in [0.4, 0.5) is 0 Å². The number of amides is 1. The van der Waals surface area contributed by atoms with Gasteiger partial charge in [0.2, 0.25) is 5.91 Å². The molecule has 1 amide bonds. The molecular weight excluding hydrogens is 815 g/mol. The standard InChI is InChI=1S/C60H101NO5/c1-4-7-10-13-16-19-22-25-27-29-31-34-36-39-42-45-48-51-56(66-60(65)53-50-47-44-41-38-35-32-30-28-26-23-20-17-14-11-8-5-2)54-59(64)61-57(55-62)58(63)52-49-46-43-40-37-33-24-21-18-15-12-9-6-3/h8,11,16-17,19-20,25-28,31-32,34-35,39,41-42,44,56-58,62-63H,4-7,9-10,12-15,18,21-24,29-30,33,36-38,40,43,45-55H2,1-3H3,(H,61,64)/b11-8-,19-16-,20-17-,27-25-,28-26-,34-31-,35-32-,42-39-,44-41-. The lowest BCUT2D eigenvalue weighted by Gasteiger charge is -2.24. The molecule has 0 saturated heterocycles. The molecule has 6 heteroatoms. The summed E-state index contributed by atoms with van der Waals surface area (Å²) in [6.45, 7) is 6.31. The zero-order chi connectivity index (χ0) is 48.1. The molecule has 0 aromatic carbocycles. The van der Waals surface area contributed by atoms with E-state index in [1.165, 1.54) is 89.9 Å². The van der Waals surface area contributed by atoms with Crippen molar-refractivity contribution in [2.45, 2.75) is 251 Å². The minimum Gasteiger partial charge on any atom is -0.462 e. The van der Waals surface area contributed by atoms with Crippen molar-refractivity contribution in [3.05, 3.63) is 109 Å². The maximum atomic E-state index is 13.2. The van der Waals surface area contributed by atoms with Crippen LogP contribution in [0.15, 0.2) is 109 Å². The average Bonchev–Trinajstić information content (AvgIpc) is 3.31. The number of aliphatic hydroxyl groups is 2. The quantitative estimate of drug-likeness (QED) is 0.0321. The van der Waals surface area contributed by atoms with E-state index in [1.54, 1.807) is 0 Å². The largest absolute Gasteiger partial charge is 0.462 e. The molecule has 376 valence electrons. The van der Waals surface area contributed by atoms with Gasteiger partial charge in [0.25, 0.3) is 0 Å². The lowest BCUT2D eigenvalue weighted by atomic mass is 10.0. The number of aliphatic hydroxyl groups excluding tert-OH is 2. The SMILES string of the molecule is CC/C=C\C/C=C\C/C=C\C/C=C\C/C=C\CCCC(=O)OC(CCC/C=C\C/C=C\C/C=C\C/C=C\CCCCC)CC(=O)NC(CO)C(O)CCCCCCCCCCCCCCC. The molecule has 66 heavy (non-hydrogen) atoms. The summed E-state index contributed by atoms with van der Waals surface area (Å²) in [6, 6.07) is -0.738. The molecule has 0 rings (SSSR count). The van der Waals surface area contributed by atoms with Gasteiger partial charge in [0.1, 0.15) is 6.10 Å². The van der Waals surface area contributed by atoms with Gasteiger partial charge < -0.3 is 20.3 Å². The fraction of sp³-hybridized carbons (Fsp3) is 0.667. The topological polar surface area (TPSA) is 95.9 Å². The summed E-state index contributed by atoms with van der Waals surface area (Å²) in [5.41, 5.74) is 0. The molecule has 0 aliphatic carbocycles. The van der Waals surface area contributed by atoms with Gasteiger partial charge in [-0.15, -0.1) is 0 Å². The number of carbonyl (C=O) groups is 2. The number of hydrogen-bond acceptors (Lipinski definition) is 5. The van der Waals surface area contributed by atoms with Gasteiger partial charge in [0.15, 0.2) is 0 Å². The number of hydrogen-bond donors (Lipinski definition) is 3. The highest BCUT2D eigenvalue weighted by atomic mass is 16.5. The summed E-state index contributed by atoms with van der Waals surface area (Å²) < 4.78 is 5.89. The molecule has 3 unspecified atom stereocenters. The van der Waals surface area contributed by atoms with Crippen LogP contribution >= 0.6 is 0 Å². The van der Waals surface area contributed by atoms with Crippen LogP contribution < -0.4 is 5.32 Å². The first-order chi connectivity index (χ1) is 32.5. The normalized spacial score (nSPS) is 14.1. The van der Waals surface area contributed by atoms with Gasteiger partial charge in [-0.05, 0) is 103 Å². The summed E-state index contributed by atoms with van der Waals surface area (Å²) >= 11 is 0. The first kappa shape index (κ1) is 62.5. The number of unbranched alkanes of at least 4 members (excludes halogenated alkanes) is 17. The molecule has 6 nitrogen and oxygen atoms in total.